The molecule has 0 heterocycles. The molecule has 6 unspecified atom stereocenters. The van der Waals surface area contributed by atoms with Crippen molar-refractivity contribution in [2.75, 3.05) is 46.2 Å². The van der Waals surface area contributed by atoms with Gasteiger partial charge in [0.2, 0.25) is 0 Å². The molecule has 0 saturated heterocycles. The first-order chi connectivity index (χ1) is 17.7. The van der Waals surface area contributed by atoms with Crippen LogP contribution in [0.2, 0.25) is 0 Å². The molecule has 6 atom stereocenters. The maximum Gasteiger partial charge on any atom is 0.303 e. The number of carbonyl (C=O) groups is 2. The average molecular weight is 559 g/mol. The van der Waals surface area contributed by atoms with Gasteiger partial charge in [-0.15, -0.1) is 0 Å². The van der Waals surface area contributed by atoms with Gasteiger partial charge in [-0.2, -0.15) is 0 Å². The van der Waals surface area contributed by atoms with E-state index in [0.717, 1.165) is 0 Å². The summed E-state index contributed by atoms with van der Waals surface area (Å²) < 4.78 is 26.5. The number of hydrogen-bond acceptors (Lipinski definition) is 10. The van der Waals surface area contributed by atoms with Crippen LogP contribution in [0.15, 0.2) is 0 Å². The average Bonchev–Trinajstić information content (AvgIpc) is 2.85. The van der Waals surface area contributed by atoms with Crippen LogP contribution in [0, 0.1) is 0 Å². The van der Waals surface area contributed by atoms with Crippen LogP contribution in [-0.4, -0.2) is 120 Å². The van der Waals surface area contributed by atoms with Crippen LogP contribution < -0.4 is 0 Å². The summed E-state index contributed by atoms with van der Waals surface area (Å²) >= 11 is 0. The molecule has 0 aliphatic heterocycles. The van der Waals surface area contributed by atoms with Crippen molar-refractivity contribution in [3.8, 4) is 0 Å². The fourth-order valence-electron chi connectivity index (χ4n) is 2.24. The van der Waals surface area contributed by atoms with Crippen molar-refractivity contribution in [3.05, 3.63) is 0 Å². The summed E-state index contributed by atoms with van der Waals surface area (Å²) in [7, 11) is 0. The molecule has 0 aliphatic rings. The van der Waals surface area contributed by atoms with Gasteiger partial charge in [-0.25, -0.2) is 0 Å². The van der Waals surface area contributed by atoms with Crippen molar-refractivity contribution in [2.24, 2.45) is 0 Å². The van der Waals surface area contributed by atoms with Crippen molar-refractivity contribution in [1.29, 1.82) is 0 Å². The normalized spacial score (nSPS) is 15.5. The summed E-state index contributed by atoms with van der Waals surface area (Å²) in [5.41, 5.74) is 0. The van der Waals surface area contributed by atoms with Crippen LogP contribution in [0.5, 0.6) is 0 Å². The topological polar surface area (TPSA) is 181 Å². The molecule has 0 amide bonds. The van der Waals surface area contributed by atoms with E-state index >= 15 is 0 Å². The number of ether oxygens (including phenoxy) is 5. The van der Waals surface area contributed by atoms with Gasteiger partial charge in [0.25, 0.3) is 0 Å². The standard InChI is InChI=1S/C11H24O4.C9H20O4.C6H10O4/c1-5-13-7-10(3)15-8-11(4)14-6-9(2)12;1-7(11)5-12-9(3)6-13-8(2)4-10;7-5(8)3-1-2-4-6(9)10/h9-12H,5-8H2,1-4H3;7-11H,4-6H2,1-3H3;1-4H2,(H,7,8)(H,9,10). The molecule has 0 aromatic carbocycles. The number of unbranched alkanes of at least 4 members (excludes halogenated alkanes) is 1. The zero-order chi connectivity index (χ0) is 29.9. The van der Waals surface area contributed by atoms with Gasteiger partial charge in [0.15, 0.2) is 0 Å². The Labute approximate surface area is 228 Å². The van der Waals surface area contributed by atoms with Crippen LogP contribution in [0.25, 0.3) is 0 Å². The summed E-state index contributed by atoms with van der Waals surface area (Å²) in [6.45, 7) is 15.9. The Kier molecular flexibility index (Phi) is 31.0. The molecule has 12 heteroatoms. The predicted octanol–water partition coefficient (Wildman–Crippen LogP) is 2.10. The number of rotatable bonds is 21. The van der Waals surface area contributed by atoms with E-state index in [4.69, 9.17) is 49.2 Å². The molecule has 0 saturated carbocycles. The minimum Gasteiger partial charge on any atom is -0.481 e. The van der Waals surface area contributed by atoms with E-state index in [-0.39, 0.29) is 43.9 Å². The van der Waals surface area contributed by atoms with E-state index < -0.39 is 24.1 Å². The maximum atomic E-state index is 9.90. The number of hydrogen-bond donors (Lipinski definition) is 5. The number of aliphatic hydroxyl groups is 3. The highest BCUT2D eigenvalue weighted by Gasteiger charge is 2.08. The molecule has 0 radical (unpaired) electrons. The predicted molar refractivity (Wildman–Crippen MR) is 142 cm³/mol. The first-order valence-corrected chi connectivity index (χ1v) is 13.2. The first kappa shape index (κ1) is 41.1. The summed E-state index contributed by atoms with van der Waals surface area (Å²) in [5.74, 6) is -1.74. The van der Waals surface area contributed by atoms with Gasteiger partial charge in [-0.3, -0.25) is 9.59 Å². The summed E-state index contributed by atoms with van der Waals surface area (Å²) in [6.07, 6.45) is 0.0301. The van der Waals surface area contributed by atoms with Gasteiger partial charge in [-0.05, 0) is 61.3 Å². The molecule has 0 spiro atoms. The maximum absolute atomic E-state index is 9.90. The van der Waals surface area contributed by atoms with E-state index in [2.05, 4.69) is 0 Å². The summed E-state index contributed by atoms with van der Waals surface area (Å²) in [5, 5.41) is 42.9. The van der Waals surface area contributed by atoms with Crippen molar-refractivity contribution < 1.29 is 58.8 Å². The van der Waals surface area contributed by atoms with Gasteiger partial charge in [-0.1, -0.05) is 0 Å². The monoisotopic (exact) mass is 558 g/mol. The molecule has 0 aliphatic carbocycles. The molecule has 0 rings (SSSR count). The highest BCUT2D eigenvalue weighted by Crippen LogP contribution is 2.00. The minimum absolute atomic E-state index is 0.00340. The Morgan fingerprint density at radius 3 is 1.26 bits per heavy atom. The van der Waals surface area contributed by atoms with Crippen LogP contribution in [0.4, 0.5) is 0 Å². The zero-order valence-electron chi connectivity index (χ0n) is 24.3. The summed E-state index contributed by atoms with van der Waals surface area (Å²) in [4.78, 5) is 19.8. The van der Waals surface area contributed by atoms with Crippen LogP contribution in [-0.2, 0) is 33.3 Å². The molecular weight excluding hydrogens is 504 g/mol. The fraction of sp³-hybridized carbons (Fsp3) is 0.923. The second kappa shape index (κ2) is 28.6. The van der Waals surface area contributed by atoms with E-state index in [1.807, 2.05) is 27.7 Å². The Balaban J connectivity index is -0.000000494. The second-order valence-corrected chi connectivity index (χ2v) is 9.11. The first-order valence-electron chi connectivity index (χ1n) is 13.2. The molecule has 0 fully saturated rings. The lowest BCUT2D eigenvalue weighted by molar-refractivity contribution is -0.139. The summed E-state index contributed by atoms with van der Waals surface area (Å²) in [6, 6.07) is 0. The van der Waals surface area contributed by atoms with Crippen molar-refractivity contribution in [3.63, 3.8) is 0 Å². The third-order valence-electron chi connectivity index (χ3n) is 4.32. The Morgan fingerprint density at radius 1 is 0.605 bits per heavy atom. The molecule has 230 valence electrons. The Bertz CT molecular complexity index is 514. The van der Waals surface area contributed by atoms with Gasteiger partial charge in [0.1, 0.15) is 0 Å². The molecule has 0 aromatic rings. The van der Waals surface area contributed by atoms with Crippen LogP contribution >= 0.6 is 0 Å². The quantitative estimate of drug-likeness (QED) is 0.130. The fourth-order valence-corrected chi connectivity index (χ4v) is 2.24. The Hall–Kier alpha value is -1.38. The molecule has 12 nitrogen and oxygen atoms in total. The highest BCUT2D eigenvalue weighted by molar-refractivity contribution is 5.67. The number of carboxylic acid groups (broad SMARTS) is 2. The Morgan fingerprint density at radius 2 is 0.947 bits per heavy atom. The van der Waals surface area contributed by atoms with Crippen molar-refractivity contribution in [2.45, 2.75) is 111 Å². The smallest absolute Gasteiger partial charge is 0.303 e. The number of carboxylic acids is 2. The van der Waals surface area contributed by atoms with Gasteiger partial charge in [0.05, 0.1) is 76.3 Å². The minimum atomic E-state index is -0.870. The van der Waals surface area contributed by atoms with E-state index in [1.165, 1.54) is 0 Å². The van der Waals surface area contributed by atoms with Gasteiger partial charge < -0.3 is 49.2 Å². The highest BCUT2D eigenvalue weighted by atomic mass is 16.6. The number of aliphatic carboxylic acids is 2. The van der Waals surface area contributed by atoms with Gasteiger partial charge >= 0.3 is 11.9 Å². The molecular formula is C26H54O12. The van der Waals surface area contributed by atoms with Crippen LogP contribution in [0.1, 0.15) is 74.1 Å². The molecule has 0 bridgehead atoms. The van der Waals surface area contributed by atoms with Crippen LogP contribution in [0.3, 0.4) is 0 Å². The second-order valence-electron chi connectivity index (χ2n) is 9.11. The third-order valence-corrected chi connectivity index (χ3v) is 4.32. The van der Waals surface area contributed by atoms with Crippen molar-refractivity contribution >= 4 is 11.9 Å². The lowest BCUT2D eigenvalue weighted by Crippen LogP contribution is -2.25. The van der Waals surface area contributed by atoms with E-state index in [9.17, 15) is 9.59 Å². The third kappa shape index (κ3) is 39.1. The largest absolute Gasteiger partial charge is 0.481 e. The van der Waals surface area contributed by atoms with Gasteiger partial charge in [0, 0.05) is 19.4 Å². The lowest BCUT2D eigenvalue weighted by Gasteiger charge is -2.18. The molecule has 5 N–H and O–H groups in total. The van der Waals surface area contributed by atoms with E-state index in [0.29, 0.717) is 52.5 Å². The zero-order valence-corrected chi connectivity index (χ0v) is 24.3. The van der Waals surface area contributed by atoms with Crippen molar-refractivity contribution in [1.82, 2.24) is 0 Å². The molecule has 38 heavy (non-hydrogen) atoms. The molecule has 0 aromatic heterocycles. The lowest BCUT2D eigenvalue weighted by atomic mass is 10.2. The SMILES string of the molecule is CC(O)COC(C)COC(C)CO.CCOCC(C)OCC(C)OCC(C)O.O=C(O)CCCCC(=O)O. The van der Waals surface area contributed by atoms with E-state index in [1.54, 1.807) is 20.8 Å². The number of aliphatic hydroxyl groups excluding tert-OH is 3.